The minimum absolute atomic E-state index is 0.105. The minimum Gasteiger partial charge on any atom is -0.343 e. The minimum atomic E-state index is -0.377. The quantitative estimate of drug-likeness (QED) is 0.450. The number of hydrogen-bond donors (Lipinski definition) is 1. The van der Waals surface area contributed by atoms with E-state index in [0.717, 1.165) is 10.8 Å². The van der Waals surface area contributed by atoms with Gasteiger partial charge in [0.05, 0.1) is 4.92 Å². The number of thiocarbonyl (C=S) groups is 1. The second-order valence-corrected chi connectivity index (χ2v) is 7.61. The Morgan fingerprint density at radius 1 is 0.960 bits per heavy atom. The van der Waals surface area contributed by atoms with Gasteiger partial charge < -0.3 is 10.2 Å². The number of benzene rings is 1. The first-order valence-corrected chi connectivity index (χ1v) is 9.90. The van der Waals surface area contributed by atoms with E-state index in [1.54, 1.807) is 12.1 Å². The highest BCUT2D eigenvalue weighted by atomic mass is 32.1. The van der Waals surface area contributed by atoms with Gasteiger partial charge in [-0.05, 0) is 50.0 Å². The Bertz CT molecular complexity index is 575. The lowest BCUT2D eigenvalue weighted by Crippen LogP contribution is -2.50. The molecule has 1 N–H and O–H groups in total. The van der Waals surface area contributed by atoms with Crippen molar-refractivity contribution in [3.63, 3.8) is 0 Å². The normalized spacial score (nSPS) is 19.4. The lowest BCUT2D eigenvalue weighted by Gasteiger charge is -2.43. The highest BCUT2D eigenvalue weighted by Gasteiger charge is 2.30. The van der Waals surface area contributed by atoms with Gasteiger partial charge in [-0.2, -0.15) is 0 Å². The van der Waals surface area contributed by atoms with Crippen molar-refractivity contribution in [3.05, 3.63) is 34.4 Å². The van der Waals surface area contributed by atoms with Crippen LogP contribution in [0.3, 0.4) is 0 Å². The molecule has 1 aromatic carbocycles. The van der Waals surface area contributed by atoms with E-state index < -0.39 is 0 Å². The Hall–Kier alpha value is -1.69. The SMILES string of the molecule is O=[N+]([O-])c1ccc(NC(=S)N(C2CCCCC2)C2CCCCC2)cc1. The number of non-ortho nitro benzene ring substituents is 1. The van der Waals surface area contributed by atoms with Crippen LogP contribution >= 0.6 is 12.2 Å². The Kier molecular flexibility index (Phi) is 6.24. The molecule has 1 aromatic rings. The summed E-state index contributed by atoms with van der Waals surface area (Å²) in [5, 5.41) is 14.9. The maximum atomic E-state index is 10.8. The van der Waals surface area contributed by atoms with E-state index in [-0.39, 0.29) is 10.6 Å². The maximum Gasteiger partial charge on any atom is 0.269 e. The number of rotatable bonds is 4. The van der Waals surface area contributed by atoms with E-state index in [0.29, 0.717) is 12.1 Å². The van der Waals surface area contributed by atoms with Crippen LogP contribution in [0.2, 0.25) is 0 Å². The van der Waals surface area contributed by atoms with Crippen LogP contribution in [0.1, 0.15) is 64.2 Å². The molecule has 0 saturated heterocycles. The molecule has 25 heavy (non-hydrogen) atoms. The van der Waals surface area contributed by atoms with Gasteiger partial charge in [0, 0.05) is 29.9 Å². The van der Waals surface area contributed by atoms with Crippen LogP contribution < -0.4 is 5.32 Å². The third-order valence-electron chi connectivity index (χ3n) is 5.50. The van der Waals surface area contributed by atoms with Crippen LogP contribution in [0.5, 0.6) is 0 Å². The fraction of sp³-hybridized carbons (Fsp3) is 0.632. The predicted molar refractivity (Wildman–Crippen MR) is 105 cm³/mol. The van der Waals surface area contributed by atoms with Crippen molar-refractivity contribution in [1.29, 1.82) is 0 Å². The standard InChI is InChI=1S/C19H27N3O2S/c23-22(24)18-13-11-15(12-14-18)20-19(25)21(16-7-3-1-4-8-16)17-9-5-2-6-10-17/h11-14,16-17H,1-10H2,(H,20,25). The molecule has 0 radical (unpaired) electrons. The summed E-state index contributed by atoms with van der Waals surface area (Å²) in [5.41, 5.74) is 0.931. The summed E-state index contributed by atoms with van der Waals surface area (Å²) in [6.45, 7) is 0. The van der Waals surface area contributed by atoms with Gasteiger partial charge in [-0.15, -0.1) is 0 Å². The van der Waals surface area contributed by atoms with Gasteiger partial charge in [0.2, 0.25) is 0 Å². The first kappa shape index (κ1) is 18.1. The third kappa shape index (κ3) is 4.69. The number of nitro groups is 1. The summed E-state index contributed by atoms with van der Waals surface area (Å²) < 4.78 is 0. The average molecular weight is 362 g/mol. The number of nitrogens with one attached hydrogen (secondary N) is 1. The van der Waals surface area contributed by atoms with Crippen molar-refractivity contribution in [2.24, 2.45) is 0 Å². The molecule has 2 aliphatic carbocycles. The first-order chi connectivity index (χ1) is 12.1. The van der Waals surface area contributed by atoms with Crippen molar-refractivity contribution >= 4 is 28.7 Å². The molecule has 5 nitrogen and oxygen atoms in total. The molecule has 0 atom stereocenters. The Morgan fingerprint density at radius 3 is 1.88 bits per heavy atom. The van der Waals surface area contributed by atoms with Crippen LogP contribution in [-0.4, -0.2) is 27.0 Å². The van der Waals surface area contributed by atoms with Crippen molar-refractivity contribution in [2.75, 3.05) is 5.32 Å². The van der Waals surface area contributed by atoms with Gasteiger partial charge in [0.25, 0.3) is 5.69 Å². The molecule has 2 fully saturated rings. The summed E-state index contributed by atoms with van der Waals surface area (Å²) >= 11 is 5.78. The second kappa shape index (κ2) is 8.61. The van der Waals surface area contributed by atoms with Crippen molar-refractivity contribution in [1.82, 2.24) is 4.90 Å². The zero-order valence-corrected chi connectivity index (χ0v) is 15.5. The summed E-state index contributed by atoms with van der Waals surface area (Å²) in [4.78, 5) is 12.9. The predicted octanol–water partition coefficient (Wildman–Crippen LogP) is 5.26. The van der Waals surface area contributed by atoms with Crippen LogP contribution in [0, 0.1) is 10.1 Å². The van der Waals surface area contributed by atoms with Gasteiger partial charge in [0.15, 0.2) is 5.11 Å². The summed E-state index contributed by atoms with van der Waals surface area (Å²) in [5.74, 6) is 0. The Morgan fingerprint density at radius 2 is 1.44 bits per heavy atom. The van der Waals surface area contributed by atoms with Gasteiger partial charge in [-0.1, -0.05) is 38.5 Å². The maximum absolute atomic E-state index is 10.8. The first-order valence-electron chi connectivity index (χ1n) is 9.49. The largest absolute Gasteiger partial charge is 0.343 e. The molecule has 2 aliphatic rings. The molecule has 0 aliphatic heterocycles. The highest BCUT2D eigenvalue weighted by Crippen LogP contribution is 2.31. The molecule has 2 saturated carbocycles. The number of anilines is 1. The van der Waals surface area contributed by atoms with Crippen LogP contribution in [0.15, 0.2) is 24.3 Å². The highest BCUT2D eigenvalue weighted by molar-refractivity contribution is 7.80. The van der Waals surface area contributed by atoms with Gasteiger partial charge >= 0.3 is 0 Å². The second-order valence-electron chi connectivity index (χ2n) is 7.23. The van der Waals surface area contributed by atoms with E-state index in [9.17, 15) is 10.1 Å². The fourth-order valence-electron chi connectivity index (χ4n) is 4.20. The zero-order chi connectivity index (χ0) is 17.6. The lowest BCUT2D eigenvalue weighted by molar-refractivity contribution is -0.384. The zero-order valence-electron chi connectivity index (χ0n) is 14.7. The van der Waals surface area contributed by atoms with E-state index in [4.69, 9.17) is 12.2 Å². The monoisotopic (exact) mass is 361 g/mol. The Labute approximate surface area is 154 Å². The van der Waals surface area contributed by atoms with Crippen molar-refractivity contribution < 1.29 is 4.92 Å². The van der Waals surface area contributed by atoms with Gasteiger partial charge in [-0.25, -0.2) is 0 Å². The smallest absolute Gasteiger partial charge is 0.269 e. The molecule has 0 aromatic heterocycles. The molecule has 0 amide bonds. The molecule has 6 heteroatoms. The van der Waals surface area contributed by atoms with Crippen molar-refractivity contribution in [2.45, 2.75) is 76.3 Å². The van der Waals surface area contributed by atoms with Crippen LogP contribution in [0.25, 0.3) is 0 Å². The van der Waals surface area contributed by atoms with E-state index in [2.05, 4.69) is 10.2 Å². The molecule has 0 spiro atoms. The van der Waals surface area contributed by atoms with Crippen molar-refractivity contribution in [3.8, 4) is 0 Å². The topological polar surface area (TPSA) is 58.4 Å². The van der Waals surface area contributed by atoms with Gasteiger partial charge in [0.1, 0.15) is 0 Å². The van der Waals surface area contributed by atoms with Crippen LogP contribution in [-0.2, 0) is 0 Å². The average Bonchev–Trinajstić information content (AvgIpc) is 2.64. The summed E-state index contributed by atoms with van der Waals surface area (Å²) in [7, 11) is 0. The van der Waals surface area contributed by atoms with E-state index >= 15 is 0 Å². The van der Waals surface area contributed by atoms with Gasteiger partial charge in [-0.3, -0.25) is 10.1 Å². The number of nitro benzene ring substituents is 1. The lowest BCUT2D eigenvalue weighted by atomic mass is 9.89. The number of nitrogens with zero attached hydrogens (tertiary/aromatic N) is 2. The Balaban J connectivity index is 1.72. The number of hydrogen-bond acceptors (Lipinski definition) is 3. The summed E-state index contributed by atoms with van der Waals surface area (Å²) in [6.07, 6.45) is 12.7. The summed E-state index contributed by atoms with van der Waals surface area (Å²) in [6, 6.07) is 7.60. The molecule has 3 rings (SSSR count). The molecular weight excluding hydrogens is 334 g/mol. The molecular formula is C19H27N3O2S. The molecule has 0 unspecified atom stereocenters. The van der Waals surface area contributed by atoms with E-state index in [1.165, 1.54) is 76.3 Å². The molecule has 136 valence electrons. The third-order valence-corrected chi connectivity index (χ3v) is 5.81. The van der Waals surface area contributed by atoms with Crippen LogP contribution in [0.4, 0.5) is 11.4 Å². The fourth-order valence-corrected chi connectivity index (χ4v) is 4.62. The molecule has 0 bridgehead atoms. The molecule has 0 heterocycles. The van der Waals surface area contributed by atoms with E-state index in [1.807, 2.05) is 0 Å².